The average Bonchev–Trinajstić information content (AvgIpc) is 2.33. The molecule has 1 aromatic rings. The summed E-state index contributed by atoms with van der Waals surface area (Å²) in [6.45, 7) is 2.96. The van der Waals surface area contributed by atoms with Gasteiger partial charge in [0.05, 0.1) is 0 Å². The SMILES string of the molecule is CN1CCC(N(C)Cc2ccc(Br)cc2F)CC1. The lowest BCUT2D eigenvalue weighted by Crippen LogP contribution is -2.41. The molecule has 0 aliphatic carbocycles. The highest BCUT2D eigenvalue weighted by Gasteiger charge is 2.21. The van der Waals surface area contributed by atoms with Crippen LogP contribution < -0.4 is 0 Å². The minimum Gasteiger partial charge on any atom is -0.306 e. The van der Waals surface area contributed by atoms with Crippen molar-refractivity contribution in [3.8, 4) is 0 Å². The molecule has 1 fully saturated rings. The van der Waals surface area contributed by atoms with Gasteiger partial charge < -0.3 is 4.90 Å². The second-order valence-corrected chi connectivity index (χ2v) is 6.10. The Labute approximate surface area is 117 Å². The van der Waals surface area contributed by atoms with Crippen molar-refractivity contribution >= 4 is 15.9 Å². The molecule has 1 saturated heterocycles. The number of hydrogen-bond donors (Lipinski definition) is 0. The number of hydrogen-bond acceptors (Lipinski definition) is 2. The maximum atomic E-state index is 13.8. The molecule has 0 N–H and O–H groups in total. The first-order valence-electron chi connectivity index (χ1n) is 6.39. The molecule has 1 aromatic carbocycles. The van der Waals surface area contributed by atoms with Gasteiger partial charge in [0.2, 0.25) is 0 Å². The first kappa shape index (κ1) is 14.0. The van der Waals surface area contributed by atoms with E-state index in [1.165, 1.54) is 18.9 Å². The zero-order valence-electron chi connectivity index (χ0n) is 11.0. The van der Waals surface area contributed by atoms with E-state index in [1.54, 1.807) is 0 Å². The summed E-state index contributed by atoms with van der Waals surface area (Å²) in [4.78, 5) is 4.63. The van der Waals surface area contributed by atoms with Gasteiger partial charge in [-0.3, -0.25) is 4.90 Å². The first-order chi connectivity index (χ1) is 8.56. The Morgan fingerprint density at radius 2 is 2.06 bits per heavy atom. The third-order valence-electron chi connectivity index (χ3n) is 3.75. The third-order valence-corrected chi connectivity index (χ3v) is 4.24. The van der Waals surface area contributed by atoms with Crippen LogP contribution in [0.4, 0.5) is 4.39 Å². The van der Waals surface area contributed by atoms with Crippen LogP contribution in [0.5, 0.6) is 0 Å². The third kappa shape index (κ3) is 3.53. The molecule has 0 spiro atoms. The van der Waals surface area contributed by atoms with Gasteiger partial charge >= 0.3 is 0 Å². The summed E-state index contributed by atoms with van der Waals surface area (Å²) in [5.41, 5.74) is 0.777. The topological polar surface area (TPSA) is 6.48 Å². The van der Waals surface area contributed by atoms with Gasteiger partial charge in [0, 0.05) is 22.6 Å². The number of benzene rings is 1. The monoisotopic (exact) mass is 314 g/mol. The Morgan fingerprint density at radius 1 is 1.39 bits per heavy atom. The number of rotatable bonds is 3. The Balaban J connectivity index is 1.96. The van der Waals surface area contributed by atoms with Crippen LogP contribution in [-0.2, 0) is 6.54 Å². The van der Waals surface area contributed by atoms with Crippen LogP contribution in [0.15, 0.2) is 22.7 Å². The van der Waals surface area contributed by atoms with Gasteiger partial charge in [0.15, 0.2) is 0 Å². The smallest absolute Gasteiger partial charge is 0.128 e. The summed E-state index contributed by atoms with van der Waals surface area (Å²) in [6, 6.07) is 5.88. The van der Waals surface area contributed by atoms with Crippen molar-refractivity contribution in [3.05, 3.63) is 34.1 Å². The molecule has 4 heteroatoms. The molecule has 0 atom stereocenters. The van der Waals surface area contributed by atoms with Gasteiger partial charge in [-0.2, -0.15) is 0 Å². The largest absolute Gasteiger partial charge is 0.306 e. The van der Waals surface area contributed by atoms with Crippen molar-refractivity contribution in [1.82, 2.24) is 9.80 Å². The fourth-order valence-corrected chi connectivity index (χ4v) is 2.82. The first-order valence-corrected chi connectivity index (χ1v) is 7.18. The van der Waals surface area contributed by atoms with E-state index in [9.17, 15) is 4.39 Å². The number of halogens is 2. The highest BCUT2D eigenvalue weighted by molar-refractivity contribution is 9.10. The Hall–Kier alpha value is -0.450. The van der Waals surface area contributed by atoms with E-state index in [0.717, 1.165) is 23.1 Å². The van der Waals surface area contributed by atoms with Crippen LogP contribution in [0.25, 0.3) is 0 Å². The Morgan fingerprint density at radius 3 is 2.67 bits per heavy atom. The van der Waals surface area contributed by atoms with Crippen molar-refractivity contribution in [2.75, 3.05) is 27.2 Å². The van der Waals surface area contributed by atoms with Crippen molar-refractivity contribution in [2.45, 2.75) is 25.4 Å². The van der Waals surface area contributed by atoms with Crippen LogP contribution in [0.3, 0.4) is 0 Å². The molecule has 0 aromatic heterocycles. The fraction of sp³-hybridized carbons (Fsp3) is 0.571. The number of likely N-dealkylation sites (tertiary alicyclic amines) is 1. The summed E-state index contributed by atoms with van der Waals surface area (Å²) < 4.78 is 14.6. The quantitative estimate of drug-likeness (QED) is 0.846. The molecular weight excluding hydrogens is 295 g/mol. The Kier molecular flexibility index (Phi) is 4.76. The molecule has 2 nitrogen and oxygen atoms in total. The van der Waals surface area contributed by atoms with Crippen molar-refractivity contribution in [3.63, 3.8) is 0 Å². The van der Waals surface area contributed by atoms with Gasteiger partial charge in [-0.1, -0.05) is 22.0 Å². The van der Waals surface area contributed by atoms with Gasteiger partial charge in [-0.25, -0.2) is 4.39 Å². The second-order valence-electron chi connectivity index (χ2n) is 5.19. The van der Waals surface area contributed by atoms with Gasteiger partial charge in [-0.05, 0) is 52.2 Å². The lowest BCUT2D eigenvalue weighted by molar-refractivity contribution is 0.138. The van der Waals surface area contributed by atoms with Crippen molar-refractivity contribution in [1.29, 1.82) is 0 Å². The standard InChI is InChI=1S/C14H20BrFN2/c1-17-7-5-13(6-8-17)18(2)10-11-3-4-12(15)9-14(11)16/h3-4,9,13H,5-8,10H2,1-2H3. The van der Waals surface area contributed by atoms with Crippen LogP contribution in [0.1, 0.15) is 18.4 Å². The van der Waals surface area contributed by atoms with E-state index in [2.05, 4.69) is 39.8 Å². The highest BCUT2D eigenvalue weighted by atomic mass is 79.9. The minimum absolute atomic E-state index is 0.121. The van der Waals surface area contributed by atoms with Gasteiger partial charge in [0.25, 0.3) is 0 Å². The van der Waals surface area contributed by atoms with E-state index in [1.807, 2.05) is 12.1 Å². The average molecular weight is 315 g/mol. The summed E-state index contributed by atoms with van der Waals surface area (Å²) in [5, 5.41) is 0. The zero-order chi connectivity index (χ0) is 13.1. The van der Waals surface area contributed by atoms with Crippen LogP contribution in [0.2, 0.25) is 0 Å². The molecular formula is C14H20BrFN2. The molecule has 2 rings (SSSR count). The van der Waals surface area contributed by atoms with E-state index in [0.29, 0.717) is 12.6 Å². The molecule has 0 radical (unpaired) electrons. The molecule has 0 unspecified atom stereocenters. The number of piperidine rings is 1. The molecule has 1 aliphatic heterocycles. The molecule has 0 amide bonds. The van der Waals surface area contributed by atoms with E-state index < -0.39 is 0 Å². The molecule has 1 heterocycles. The Bertz CT molecular complexity index is 403. The van der Waals surface area contributed by atoms with Crippen molar-refractivity contribution < 1.29 is 4.39 Å². The van der Waals surface area contributed by atoms with Crippen LogP contribution in [0, 0.1) is 5.82 Å². The maximum Gasteiger partial charge on any atom is 0.128 e. The second kappa shape index (κ2) is 6.13. The predicted octanol–water partition coefficient (Wildman–Crippen LogP) is 3.11. The van der Waals surface area contributed by atoms with Crippen LogP contribution >= 0.6 is 15.9 Å². The number of nitrogens with zero attached hydrogens (tertiary/aromatic N) is 2. The van der Waals surface area contributed by atoms with Gasteiger partial charge in [0.1, 0.15) is 5.82 Å². The molecule has 0 saturated carbocycles. The van der Waals surface area contributed by atoms with E-state index in [-0.39, 0.29) is 5.82 Å². The summed E-state index contributed by atoms with van der Waals surface area (Å²) in [6.07, 6.45) is 2.34. The molecule has 1 aliphatic rings. The summed E-state index contributed by atoms with van der Waals surface area (Å²) in [7, 11) is 4.25. The van der Waals surface area contributed by atoms with E-state index in [4.69, 9.17) is 0 Å². The lowest BCUT2D eigenvalue weighted by Gasteiger charge is -2.35. The predicted molar refractivity (Wildman–Crippen MR) is 76.1 cm³/mol. The molecule has 0 bridgehead atoms. The van der Waals surface area contributed by atoms with Crippen molar-refractivity contribution in [2.24, 2.45) is 0 Å². The summed E-state index contributed by atoms with van der Waals surface area (Å²) >= 11 is 3.29. The normalized spacial score (nSPS) is 18.5. The van der Waals surface area contributed by atoms with Gasteiger partial charge in [-0.15, -0.1) is 0 Å². The minimum atomic E-state index is -0.121. The van der Waals surface area contributed by atoms with E-state index >= 15 is 0 Å². The maximum absolute atomic E-state index is 13.8. The zero-order valence-corrected chi connectivity index (χ0v) is 12.6. The lowest BCUT2D eigenvalue weighted by atomic mass is 10.0. The highest BCUT2D eigenvalue weighted by Crippen LogP contribution is 2.20. The molecule has 100 valence electrons. The summed E-state index contributed by atoms with van der Waals surface area (Å²) in [5.74, 6) is -0.121. The fourth-order valence-electron chi connectivity index (χ4n) is 2.48. The van der Waals surface area contributed by atoms with Crippen LogP contribution in [-0.4, -0.2) is 43.0 Å². The molecule has 18 heavy (non-hydrogen) atoms.